The Bertz CT molecular complexity index is 1240. The van der Waals surface area contributed by atoms with E-state index in [0.717, 1.165) is 66.0 Å². The molecule has 3 aromatic rings. The van der Waals surface area contributed by atoms with Gasteiger partial charge < -0.3 is 14.8 Å². The molecule has 4 heterocycles. The van der Waals surface area contributed by atoms with Crippen molar-refractivity contribution in [1.82, 2.24) is 9.88 Å². The SMILES string of the molecule is CCO/N=C(\c1ccc(F)c(F)c1)c1ccc(CN2CCC3(CC2)OCc2cc[n+]([O-])cc23)cn1. The third-order valence-corrected chi connectivity index (χ3v) is 6.64. The molecule has 182 valence electrons. The van der Waals surface area contributed by atoms with Crippen molar-refractivity contribution in [2.24, 2.45) is 5.16 Å². The molecule has 0 saturated carbocycles. The first-order valence-corrected chi connectivity index (χ1v) is 11.7. The zero-order valence-electron chi connectivity index (χ0n) is 19.4. The van der Waals surface area contributed by atoms with E-state index in [2.05, 4.69) is 15.0 Å². The number of halogens is 2. The number of ether oxygens (including phenoxy) is 1. The van der Waals surface area contributed by atoms with Crippen LogP contribution < -0.4 is 4.73 Å². The number of likely N-dealkylation sites (tertiary alicyclic amines) is 1. The summed E-state index contributed by atoms with van der Waals surface area (Å²) in [6, 6.07) is 9.21. The average molecular weight is 481 g/mol. The lowest BCUT2D eigenvalue weighted by molar-refractivity contribution is -0.606. The quantitative estimate of drug-likeness (QED) is 0.232. The Labute approximate surface area is 202 Å². The fourth-order valence-corrected chi connectivity index (χ4v) is 4.76. The molecule has 7 nitrogen and oxygen atoms in total. The van der Waals surface area contributed by atoms with Gasteiger partial charge in [-0.05, 0) is 55.2 Å². The van der Waals surface area contributed by atoms with Gasteiger partial charge in [0.15, 0.2) is 24.0 Å². The van der Waals surface area contributed by atoms with Gasteiger partial charge >= 0.3 is 0 Å². The van der Waals surface area contributed by atoms with Gasteiger partial charge in [-0.3, -0.25) is 9.88 Å². The number of rotatable bonds is 6. The van der Waals surface area contributed by atoms with Crippen LogP contribution in [0.15, 0.2) is 60.1 Å². The van der Waals surface area contributed by atoms with Crippen LogP contribution in [0.3, 0.4) is 0 Å². The van der Waals surface area contributed by atoms with Gasteiger partial charge in [0.05, 0.1) is 17.9 Å². The van der Waals surface area contributed by atoms with Crippen molar-refractivity contribution in [3.05, 3.63) is 99.8 Å². The number of benzene rings is 1. The molecule has 9 heteroatoms. The van der Waals surface area contributed by atoms with Gasteiger partial charge in [0, 0.05) is 37.5 Å². The molecule has 1 spiro atoms. The highest BCUT2D eigenvalue weighted by Gasteiger charge is 2.44. The van der Waals surface area contributed by atoms with Crippen LogP contribution >= 0.6 is 0 Å². The fraction of sp³-hybridized carbons (Fsp3) is 0.346. The predicted octanol–water partition coefficient (Wildman–Crippen LogP) is 3.80. The predicted molar refractivity (Wildman–Crippen MR) is 124 cm³/mol. The molecule has 1 aromatic carbocycles. The Morgan fingerprint density at radius 1 is 1.20 bits per heavy atom. The zero-order chi connectivity index (χ0) is 24.4. The molecule has 0 atom stereocenters. The number of pyridine rings is 2. The van der Waals surface area contributed by atoms with Crippen LogP contribution in [0.4, 0.5) is 8.78 Å². The van der Waals surface area contributed by atoms with Crippen LogP contribution in [0.2, 0.25) is 0 Å². The second-order valence-electron chi connectivity index (χ2n) is 8.84. The Kier molecular flexibility index (Phi) is 6.44. The van der Waals surface area contributed by atoms with E-state index in [4.69, 9.17) is 9.57 Å². The van der Waals surface area contributed by atoms with Crippen molar-refractivity contribution in [2.75, 3.05) is 19.7 Å². The van der Waals surface area contributed by atoms with Crippen LogP contribution in [-0.4, -0.2) is 35.3 Å². The summed E-state index contributed by atoms with van der Waals surface area (Å²) >= 11 is 0. The van der Waals surface area contributed by atoms with E-state index in [1.807, 2.05) is 18.2 Å². The molecule has 0 aliphatic carbocycles. The second-order valence-corrected chi connectivity index (χ2v) is 8.84. The highest BCUT2D eigenvalue weighted by atomic mass is 19.2. The smallest absolute Gasteiger partial charge is 0.186 e. The molecule has 35 heavy (non-hydrogen) atoms. The van der Waals surface area contributed by atoms with Crippen LogP contribution in [0, 0.1) is 16.8 Å². The Balaban J connectivity index is 1.27. The number of aromatic nitrogens is 2. The first-order valence-electron chi connectivity index (χ1n) is 11.7. The van der Waals surface area contributed by atoms with E-state index >= 15 is 0 Å². The summed E-state index contributed by atoms with van der Waals surface area (Å²) in [7, 11) is 0. The molecule has 5 rings (SSSR count). The number of fused-ring (bicyclic) bond motifs is 2. The van der Waals surface area contributed by atoms with E-state index in [-0.39, 0.29) is 5.60 Å². The average Bonchev–Trinajstić information content (AvgIpc) is 3.21. The van der Waals surface area contributed by atoms with Crippen molar-refractivity contribution in [1.29, 1.82) is 0 Å². The normalized spacial score (nSPS) is 17.5. The van der Waals surface area contributed by atoms with Crippen molar-refractivity contribution in [3.8, 4) is 0 Å². The summed E-state index contributed by atoms with van der Waals surface area (Å²) in [5.41, 5.74) is 3.98. The first-order chi connectivity index (χ1) is 17.0. The molecule has 1 saturated heterocycles. The topological polar surface area (TPSA) is 73.9 Å². The molecule has 2 aliphatic rings. The summed E-state index contributed by atoms with van der Waals surface area (Å²) in [6.45, 7) is 5.06. The van der Waals surface area contributed by atoms with Gasteiger partial charge in [0.25, 0.3) is 0 Å². The molecular formula is C26H26F2N4O3. The van der Waals surface area contributed by atoms with Gasteiger partial charge in [-0.1, -0.05) is 11.2 Å². The third-order valence-electron chi connectivity index (χ3n) is 6.64. The third kappa shape index (κ3) is 4.74. The van der Waals surface area contributed by atoms with Gasteiger partial charge in [0.2, 0.25) is 0 Å². The number of oxime groups is 1. The molecule has 1 fully saturated rings. The molecule has 0 radical (unpaired) electrons. The maximum atomic E-state index is 13.8. The summed E-state index contributed by atoms with van der Waals surface area (Å²) in [5, 5.41) is 15.9. The van der Waals surface area contributed by atoms with Gasteiger partial charge in [-0.15, -0.1) is 0 Å². The molecule has 0 amide bonds. The zero-order valence-corrected chi connectivity index (χ0v) is 19.4. The van der Waals surface area contributed by atoms with Gasteiger partial charge in [0.1, 0.15) is 17.9 Å². The minimum atomic E-state index is -0.954. The second kappa shape index (κ2) is 9.67. The van der Waals surface area contributed by atoms with Crippen LogP contribution in [0.1, 0.15) is 47.7 Å². The lowest BCUT2D eigenvalue weighted by Crippen LogP contribution is -2.43. The maximum Gasteiger partial charge on any atom is 0.186 e. The van der Waals surface area contributed by atoms with Gasteiger partial charge in [-0.2, -0.15) is 4.73 Å². The van der Waals surface area contributed by atoms with Gasteiger partial charge in [-0.25, -0.2) is 8.78 Å². The van der Waals surface area contributed by atoms with Crippen LogP contribution in [-0.2, 0) is 28.3 Å². The lowest BCUT2D eigenvalue weighted by atomic mass is 9.84. The molecule has 0 unspecified atom stereocenters. The summed E-state index contributed by atoms with van der Waals surface area (Å²) in [6.07, 6.45) is 6.56. The molecule has 2 aromatic heterocycles. The number of hydrogen-bond acceptors (Lipinski definition) is 6. The highest BCUT2D eigenvalue weighted by Crippen LogP contribution is 2.43. The van der Waals surface area contributed by atoms with Crippen molar-refractivity contribution >= 4 is 5.71 Å². The number of hydrogen-bond donors (Lipinski definition) is 0. The largest absolute Gasteiger partial charge is 0.619 e. The summed E-state index contributed by atoms with van der Waals surface area (Å²) in [4.78, 5) is 12.1. The maximum absolute atomic E-state index is 13.8. The van der Waals surface area contributed by atoms with Crippen molar-refractivity contribution in [3.63, 3.8) is 0 Å². The molecule has 2 aliphatic heterocycles. The Hall–Kier alpha value is -3.43. The minimum absolute atomic E-state index is 0.338. The highest BCUT2D eigenvalue weighted by molar-refractivity contribution is 6.11. The van der Waals surface area contributed by atoms with E-state index in [1.165, 1.54) is 12.3 Å². The monoisotopic (exact) mass is 480 g/mol. The standard InChI is InChI=1S/C26H26F2N4O3/c1-2-35-30-25(19-4-5-22(27)23(28)13-19)24-6-3-18(14-29-24)15-31-11-8-26(9-12-31)21-16-32(33)10-7-20(21)17-34-26/h3-7,10,13-14,16H,2,8-9,11-12,15,17H2,1H3/b30-25+. The van der Waals surface area contributed by atoms with E-state index < -0.39 is 11.6 Å². The molecule has 0 N–H and O–H groups in total. The molecular weight excluding hydrogens is 454 g/mol. The summed E-state index contributed by atoms with van der Waals surface area (Å²) in [5.74, 6) is -1.88. The van der Waals surface area contributed by atoms with Crippen molar-refractivity contribution < 1.29 is 23.1 Å². The lowest BCUT2D eigenvalue weighted by Gasteiger charge is -2.38. The van der Waals surface area contributed by atoms with Crippen LogP contribution in [0.25, 0.3) is 0 Å². The number of piperidine rings is 1. The molecule has 0 bridgehead atoms. The Morgan fingerprint density at radius 2 is 2.03 bits per heavy atom. The van der Waals surface area contributed by atoms with E-state index in [1.54, 1.807) is 19.3 Å². The van der Waals surface area contributed by atoms with E-state index in [0.29, 0.717) is 30.2 Å². The van der Waals surface area contributed by atoms with E-state index in [9.17, 15) is 14.0 Å². The summed E-state index contributed by atoms with van der Waals surface area (Å²) < 4.78 is 34.2. The Morgan fingerprint density at radius 3 is 2.74 bits per heavy atom. The van der Waals surface area contributed by atoms with Crippen molar-refractivity contribution in [2.45, 2.75) is 38.5 Å². The fourth-order valence-electron chi connectivity index (χ4n) is 4.76. The number of nitrogens with zero attached hydrogens (tertiary/aromatic N) is 4. The first kappa shape index (κ1) is 23.3. The minimum Gasteiger partial charge on any atom is -0.619 e. The van der Waals surface area contributed by atoms with Crippen LogP contribution in [0.5, 0.6) is 0 Å².